The highest BCUT2D eigenvalue weighted by Gasteiger charge is 2.18. The highest BCUT2D eigenvalue weighted by Crippen LogP contribution is 2.38. The Hall–Kier alpha value is -2.34. The fourth-order valence-electron chi connectivity index (χ4n) is 4.21. The Morgan fingerprint density at radius 1 is 0.960 bits per heavy atom. The highest BCUT2D eigenvalue weighted by molar-refractivity contribution is 5.90. The molecule has 0 nitrogen and oxygen atoms in total. The molecule has 2 aromatic rings. The summed E-state index contributed by atoms with van der Waals surface area (Å²) in [4.78, 5) is 0. The number of hydrogen-bond donors (Lipinski definition) is 0. The fraction of sp³-hybridized carbons (Fsp3) is 0.280. The molecule has 0 N–H and O–H groups in total. The van der Waals surface area contributed by atoms with Gasteiger partial charge in [-0.3, -0.25) is 0 Å². The van der Waals surface area contributed by atoms with Crippen LogP contribution in [-0.2, 0) is 0 Å². The highest BCUT2D eigenvalue weighted by atomic mass is 14.2. The first-order chi connectivity index (χ1) is 12.1. The van der Waals surface area contributed by atoms with Crippen LogP contribution in [0.3, 0.4) is 0 Å². The molecule has 1 atom stereocenters. The third-order valence-electron chi connectivity index (χ3n) is 5.39. The number of aryl methyl sites for hydroxylation is 2. The van der Waals surface area contributed by atoms with Gasteiger partial charge in [-0.05, 0) is 66.2 Å². The zero-order valence-electron chi connectivity index (χ0n) is 15.5. The summed E-state index contributed by atoms with van der Waals surface area (Å²) in [6, 6.07) is 13.9. The molecule has 126 valence electrons. The van der Waals surface area contributed by atoms with Crippen LogP contribution in [0.15, 0.2) is 54.6 Å². The molecule has 0 heterocycles. The molecule has 2 aromatic carbocycles. The van der Waals surface area contributed by atoms with Crippen molar-refractivity contribution in [2.45, 2.75) is 46.0 Å². The lowest BCUT2D eigenvalue weighted by Gasteiger charge is -2.11. The van der Waals surface area contributed by atoms with Gasteiger partial charge in [-0.2, -0.15) is 0 Å². The SMILES string of the molecule is CCCC1C=Cc2cc(C3=CC(c4cc(C)cc(C)c4)=CC3)ccc21. The quantitative estimate of drug-likeness (QED) is 0.563. The van der Waals surface area contributed by atoms with Crippen molar-refractivity contribution >= 4 is 17.2 Å². The summed E-state index contributed by atoms with van der Waals surface area (Å²) >= 11 is 0. The third kappa shape index (κ3) is 3.14. The fourth-order valence-corrected chi connectivity index (χ4v) is 4.21. The van der Waals surface area contributed by atoms with Gasteiger partial charge in [0.15, 0.2) is 0 Å². The van der Waals surface area contributed by atoms with Gasteiger partial charge < -0.3 is 0 Å². The standard InChI is InChI=1S/C25H26/c1-4-5-19-6-9-23-16-21(10-11-25(19)23)20-7-8-22(15-20)24-13-17(2)12-18(3)14-24/h6,8-16,19H,4-5,7H2,1-3H3. The minimum atomic E-state index is 0.621. The molecular weight excluding hydrogens is 300 g/mol. The molecule has 1 unspecified atom stereocenters. The molecule has 0 saturated carbocycles. The lowest BCUT2D eigenvalue weighted by molar-refractivity contribution is 0.725. The summed E-state index contributed by atoms with van der Waals surface area (Å²) in [7, 11) is 0. The Morgan fingerprint density at radius 3 is 2.52 bits per heavy atom. The summed E-state index contributed by atoms with van der Waals surface area (Å²) in [6.07, 6.45) is 13.0. The van der Waals surface area contributed by atoms with Crippen LogP contribution in [0.1, 0.15) is 65.5 Å². The molecule has 0 radical (unpaired) electrons. The van der Waals surface area contributed by atoms with E-state index in [1.807, 2.05) is 0 Å². The van der Waals surface area contributed by atoms with E-state index in [9.17, 15) is 0 Å². The van der Waals surface area contributed by atoms with Crippen LogP contribution in [0.25, 0.3) is 17.2 Å². The third-order valence-corrected chi connectivity index (χ3v) is 5.39. The summed E-state index contributed by atoms with van der Waals surface area (Å²) in [5.41, 5.74) is 11.1. The number of benzene rings is 2. The topological polar surface area (TPSA) is 0 Å². The molecule has 0 fully saturated rings. The predicted molar refractivity (Wildman–Crippen MR) is 110 cm³/mol. The van der Waals surface area contributed by atoms with Crippen molar-refractivity contribution < 1.29 is 0 Å². The molecule has 25 heavy (non-hydrogen) atoms. The maximum Gasteiger partial charge on any atom is 0.00271 e. The normalized spacial score (nSPS) is 18.3. The molecule has 0 spiro atoms. The van der Waals surface area contributed by atoms with Crippen molar-refractivity contribution in [1.29, 1.82) is 0 Å². The van der Waals surface area contributed by atoms with Crippen LogP contribution >= 0.6 is 0 Å². The van der Waals surface area contributed by atoms with Crippen molar-refractivity contribution in [3.8, 4) is 0 Å². The number of allylic oxidation sites excluding steroid dienone is 5. The number of hydrogen-bond acceptors (Lipinski definition) is 0. The van der Waals surface area contributed by atoms with E-state index in [4.69, 9.17) is 0 Å². The van der Waals surface area contributed by atoms with Gasteiger partial charge in [0, 0.05) is 5.92 Å². The van der Waals surface area contributed by atoms with E-state index in [1.54, 1.807) is 0 Å². The van der Waals surface area contributed by atoms with Crippen molar-refractivity contribution in [3.05, 3.63) is 88.0 Å². The number of fused-ring (bicyclic) bond motifs is 1. The average Bonchev–Trinajstić information content (AvgIpc) is 3.21. The predicted octanol–water partition coefficient (Wildman–Crippen LogP) is 7.08. The van der Waals surface area contributed by atoms with Crippen LogP contribution in [0, 0.1) is 13.8 Å². The zero-order valence-corrected chi connectivity index (χ0v) is 15.5. The van der Waals surface area contributed by atoms with Crippen LogP contribution in [-0.4, -0.2) is 0 Å². The van der Waals surface area contributed by atoms with E-state index < -0.39 is 0 Å². The Balaban J connectivity index is 1.61. The Kier molecular flexibility index (Phi) is 4.21. The first kappa shape index (κ1) is 16.1. The molecule has 0 aromatic heterocycles. The monoisotopic (exact) mass is 326 g/mol. The van der Waals surface area contributed by atoms with Crippen LogP contribution < -0.4 is 0 Å². The molecule has 0 bridgehead atoms. The van der Waals surface area contributed by atoms with Crippen LogP contribution in [0.2, 0.25) is 0 Å². The summed E-state index contributed by atoms with van der Waals surface area (Å²) in [6.45, 7) is 6.62. The van der Waals surface area contributed by atoms with Crippen LogP contribution in [0.5, 0.6) is 0 Å². The number of rotatable bonds is 4. The lowest BCUT2D eigenvalue weighted by Crippen LogP contribution is -1.93. The van der Waals surface area contributed by atoms with Gasteiger partial charge >= 0.3 is 0 Å². The van der Waals surface area contributed by atoms with Crippen molar-refractivity contribution in [3.63, 3.8) is 0 Å². The second-order valence-electron chi connectivity index (χ2n) is 7.51. The second kappa shape index (κ2) is 6.52. The largest absolute Gasteiger partial charge is 0.0764 e. The van der Waals surface area contributed by atoms with E-state index in [0.29, 0.717) is 5.92 Å². The molecule has 2 aliphatic rings. The Morgan fingerprint density at radius 2 is 1.76 bits per heavy atom. The van der Waals surface area contributed by atoms with Gasteiger partial charge in [-0.1, -0.05) is 79.1 Å². The van der Waals surface area contributed by atoms with E-state index in [0.717, 1.165) is 6.42 Å². The maximum absolute atomic E-state index is 2.38. The van der Waals surface area contributed by atoms with Gasteiger partial charge in [0.1, 0.15) is 0 Å². The second-order valence-corrected chi connectivity index (χ2v) is 7.51. The molecule has 0 heteroatoms. The molecule has 0 saturated heterocycles. The summed E-state index contributed by atoms with van der Waals surface area (Å²) < 4.78 is 0. The van der Waals surface area contributed by atoms with E-state index in [1.165, 1.54) is 57.4 Å². The molecular formula is C25H26. The van der Waals surface area contributed by atoms with Gasteiger partial charge in [0.2, 0.25) is 0 Å². The van der Waals surface area contributed by atoms with Crippen molar-refractivity contribution in [1.82, 2.24) is 0 Å². The van der Waals surface area contributed by atoms with Gasteiger partial charge in [-0.15, -0.1) is 0 Å². The summed E-state index contributed by atoms with van der Waals surface area (Å²) in [5.74, 6) is 0.621. The summed E-state index contributed by atoms with van der Waals surface area (Å²) in [5, 5.41) is 0. The van der Waals surface area contributed by atoms with E-state index in [2.05, 4.69) is 81.5 Å². The first-order valence-electron chi connectivity index (χ1n) is 9.46. The first-order valence-corrected chi connectivity index (χ1v) is 9.46. The average molecular weight is 326 g/mol. The van der Waals surface area contributed by atoms with Gasteiger partial charge in [-0.25, -0.2) is 0 Å². The van der Waals surface area contributed by atoms with Gasteiger partial charge in [0.25, 0.3) is 0 Å². The Labute approximate surface area is 151 Å². The Bertz CT molecular complexity index is 885. The maximum atomic E-state index is 2.38. The molecule has 2 aliphatic carbocycles. The molecule has 0 amide bonds. The van der Waals surface area contributed by atoms with Crippen molar-refractivity contribution in [2.75, 3.05) is 0 Å². The molecule has 4 rings (SSSR count). The van der Waals surface area contributed by atoms with Crippen molar-refractivity contribution in [2.24, 2.45) is 0 Å². The smallest absolute Gasteiger partial charge is 0.00271 e. The van der Waals surface area contributed by atoms with E-state index in [-0.39, 0.29) is 0 Å². The minimum absolute atomic E-state index is 0.621. The molecule has 0 aliphatic heterocycles. The van der Waals surface area contributed by atoms with Crippen LogP contribution in [0.4, 0.5) is 0 Å². The van der Waals surface area contributed by atoms with Gasteiger partial charge in [0.05, 0.1) is 0 Å². The minimum Gasteiger partial charge on any atom is -0.0764 e. The van der Waals surface area contributed by atoms with E-state index >= 15 is 0 Å². The zero-order chi connectivity index (χ0) is 17.4. The lowest BCUT2D eigenvalue weighted by atomic mass is 9.93.